The van der Waals surface area contributed by atoms with E-state index in [0.717, 1.165) is 0 Å². The van der Waals surface area contributed by atoms with Crippen molar-refractivity contribution in [3.63, 3.8) is 0 Å². The van der Waals surface area contributed by atoms with Gasteiger partial charge in [0.2, 0.25) is 0 Å². The zero-order chi connectivity index (χ0) is 15.8. The van der Waals surface area contributed by atoms with Crippen molar-refractivity contribution in [1.29, 1.82) is 0 Å². The highest BCUT2D eigenvalue weighted by Gasteiger charge is 2.31. The third-order valence-electron chi connectivity index (χ3n) is 5.50. The normalized spacial score (nSPS) is 22.8. The van der Waals surface area contributed by atoms with Crippen LogP contribution < -0.4 is 0 Å². The van der Waals surface area contributed by atoms with Gasteiger partial charge < -0.3 is 0 Å². The van der Waals surface area contributed by atoms with Crippen molar-refractivity contribution in [3.05, 3.63) is 83.0 Å². The Balaban J connectivity index is 1.77. The summed E-state index contributed by atoms with van der Waals surface area (Å²) in [5, 5.41) is 0. The molecule has 2 aliphatic rings. The minimum atomic E-state index is 0.596. The average Bonchev–Trinajstić information content (AvgIpc) is 2.55. The van der Waals surface area contributed by atoms with Crippen molar-refractivity contribution < 1.29 is 0 Å². The Bertz CT molecular complexity index is 774. The summed E-state index contributed by atoms with van der Waals surface area (Å²) in [5.41, 5.74) is 8.58. The molecule has 0 aliphatic heterocycles. The van der Waals surface area contributed by atoms with Crippen molar-refractivity contribution in [2.45, 2.75) is 39.0 Å². The molecule has 0 radical (unpaired) electrons. The summed E-state index contributed by atoms with van der Waals surface area (Å²) in [5.74, 6) is 1.29. The van der Waals surface area contributed by atoms with Gasteiger partial charge in [-0.1, -0.05) is 71.8 Å². The first-order valence-corrected chi connectivity index (χ1v) is 8.77. The number of hydrogen-bond donors (Lipinski definition) is 0. The summed E-state index contributed by atoms with van der Waals surface area (Å²) in [6.45, 7) is 4.41. The van der Waals surface area contributed by atoms with Crippen LogP contribution in [-0.4, -0.2) is 0 Å². The zero-order valence-corrected chi connectivity index (χ0v) is 14.0. The van der Waals surface area contributed by atoms with Crippen LogP contribution in [0.2, 0.25) is 0 Å². The molecule has 23 heavy (non-hydrogen) atoms. The van der Waals surface area contributed by atoms with E-state index in [-0.39, 0.29) is 0 Å². The highest BCUT2D eigenvalue weighted by Crippen LogP contribution is 2.46. The highest BCUT2D eigenvalue weighted by molar-refractivity contribution is 5.66. The Hall–Kier alpha value is -2.08. The minimum absolute atomic E-state index is 0.596. The molecule has 2 atom stereocenters. The van der Waals surface area contributed by atoms with Crippen LogP contribution in [-0.2, 0) is 0 Å². The topological polar surface area (TPSA) is 0 Å². The number of benzene rings is 2. The second kappa shape index (κ2) is 5.85. The van der Waals surface area contributed by atoms with Crippen molar-refractivity contribution >= 4 is 0 Å². The molecule has 4 rings (SSSR count). The van der Waals surface area contributed by atoms with Crippen LogP contribution in [0.3, 0.4) is 0 Å². The number of allylic oxidation sites excluding steroid dienone is 4. The fraction of sp³-hybridized carbons (Fsp3) is 0.304. The second-order valence-corrected chi connectivity index (χ2v) is 7.10. The molecule has 0 spiro atoms. The first-order valence-electron chi connectivity index (χ1n) is 8.77. The van der Waals surface area contributed by atoms with Crippen LogP contribution in [0.25, 0.3) is 11.1 Å². The molecule has 0 nitrogen and oxygen atoms in total. The van der Waals surface area contributed by atoms with Crippen LogP contribution in [0.15, 0.2) is 66.3 Å². The molecular weight excluding hydrogens is 276 g/mol. The van der Waals surface area contributed by atoms with Gasteiger partial charge in [-0.3, -0.25) is 0 Å². The van der Waals surface area contributed by atoms with E-state index in [2.05, 4.69) is 74.5 Å². The summed E-state index contributed by atoms with van der Waals surface area (Å²) >= 11 is 0. The molecule has 1 saturated carbocycles. The van der Waals surface area contributed by atoms with E-state index >= 15 is 0 Å². The minimum Gasteiger partial charge on any atom is -0.0805 e. The van der Waals surface area contributed by atoms with Gasteiger partial charge in [0.1, 0.15) is 0 Å². The van der Waals surface area contributed by atoms with Gasteiger partial charge in [-0.05, 0) is 61.3 Å². The molecule has 2 aromatic rings. The van der Waals surface area contributed by atoms with Crippen LogP contribution in [0.1, 0.15) is 41.9 Å². The second-order valence-electron chi connectivity index (χ2n) is 7.10. The predicted octanol–water partition coefficient (Wildman–Crippen LogP) is 6.35. The summed E-state index contributed by atoms with van der Waals surface area (Å²) < 4.78 is 0. The molecular formula is C23H24. The predicted molar refractivity (Wildman–Crippen MR) is 98.7 cm³/mol. The van der Waals surface area contributed by atoms with Gasteiger partial charge in [-0.15, -0.1) is 0 Å². The van der Waals surface area contributed by atoms with E-state index in [0.29, 0.717) is 11.8 Å². The van der Waals surface area contributed by atoms with Crippen molar-refractivity contribution in [2.75, 3.05) is 0 Å². The van der Waals surface area contributed by atoms with Crippen molar-refractivity contribution in [3.8, 4) is 11.1 Å². The number of aryl methyl sites for hydroxylation is 2. The Labute approximate surface area is 139 Å². The van der Waals surface area contributed by atoms with Crippen LogP contribution in [0, 0.1) is 19.8 Å². The fourth-order valence-electron chi connectivity index (χ4n) is 4.19. The molecule has 0 heterocycles. The SMILES string of the molecule is Cc1ccc(-c2ccc(C)c(C3C4=CC=CC3CCC4)c2)cc1. The molecule has 2 aliphatic carbocycles. The maximum absolute atomic E-state index is 2.44. The number of hydrogen-bond acceptors (Lipinski definition) is 0. The molecule has 2 unspecified atom stereocenters. The van der Waals surface area contributed by atoms with E-state index < -0.39 is 0 Å². The standard InChI is InChI=1S/C23H24/c1-16-9-12-18(13-10-16)21-14-11-17(2)22(15-21)23-19-5-3-6-20(23)8-4-7-19/h3,5-6,9-15,19,23H,4,7-8H2,1-2H3. The van der Waals surface area contributed by atoms with Gasteiger partial charge >= 0.3 is 0 Å². The first kappa shape index (κ1) is 14.5. The largest absolute Gasteiger partial charge is 0.0805 e. The zero-order valence-electron chi connectivity index (χ0n) is 14.0. The highest BCUT2D eigenvalue weighted by atomic mass is 14.3. The molecule has 0 N–H and O–H groups in total. The molecule has 0 amide bonds. The van der Waals surface area contributed by atoms with Crippen molar-refractivity contribution in [1.82, 2.24) is 0 Å². The molecule has 0 aromatic heterocycles. The lowest BCUT2D eigenvalue weighted by Gasteiger charge is -2.36. The van der Waals surface area contributed by atoms with Gasteiger partial charge in [-0.25, -0.2) is 0 Å². The van der Waals surface area contributed by atoms with Crippen LogP contribution >= 0.6 is 0 Å². The van der Waals surface area contributed by atoms with E-state index in [1.54, 1.807) is 5.57 Å². The maximum atomic E-state index is 2.44. The maximum Gasteiger partial charge on any atom is 0.0117 e. The average molecular weight is 300 g/mol. The molecule has 116 valence electrons. The molecule has 0 saturated heterocycles. The lowest BCUT2D eigenvalue weighted by molar-refractivity contribution is 0.433. The fourth-order valence-corrected chi connectivity index (χ4v) is 4.19. The molecule has 1 fully saturated rings. The lowest BCUT2D eigenvalue weighted by atomic mass is 9.69. The first-order chi connectivity index (χ1) is 11.2. The van der Waals surface area contributed by atoms with Gasteiger partial charge in [0, 0.05) is 5.92 Å². The van der Waals surface area contributed by atoms with Crippen LogP contribution in [0.4, 0.5) is 0 Å². The van der Waals surface area contributed by atoms with E-state index in [1.807, 2.05) is 0 Å². The number of rotatable bonds is 2. The van der Waals surface area contributed by atoms with E-state index in [4.69, 9.17) is 0 Å². The van der Waals surface area contributed by atoms with Gasteiger partial charge in [0.25, 0.3) is 0 Å². The molecule has 0 heteroatoms. The quantitative estimate of drug-likeness (QED) is 0.606. The van der Waals surface area contributed by atoms with E-state index in [1.165, 1.54) is 47.1 Å². The lowest BCUT2D eigenvalue weighted by Crippen LogP contribution is -2.21. The smallest absolute Gasteiger partial charge is 0.0117 e. The summed E-state index contributed by atoms with van der Waals surface area (Å²) in [6, 6.07) is 15.9. The van der Waals surface area contributed by atoms with Gasteiger partial charge in [0.05, 0.1) is 0 Å². The monoisotopic (exact) mass is 300 g/mol. The Morgan fingerprint density at radius 2 is 1.70 bits per heavy atom. The number of fused-ring (bicyclic) bond motifs is 2. The summed E-state index contributed by atoms with van der Waals surface area (Å²) in [7, 11) is 0. The van der Waals surface area contributed by atoms with Gasteiger partial charge in [-0.2, -0.15) is 0 Å². The molecule has 2 bridgehead atoms. The Morgan fingerprint density at radius 3 is 2.48 bits per heavy atom. The Kier molecular flexibility index (Phi) is 3.69. The Morgan fingerprint density at radius 1 is 0.913 bits per heavy atom. The van der Waals surface area contributed by atoms with Crippen molar-refractivity contribution in [2.24, 2.45) is 5.92 Å². The third kappa shape index (κ3) is 2.67. The van der Waals surface area contributed by atoms with Crippen LogP contribution in [0.5, 0.6) is 0 Å². The third-order valence-corrected chi connectivity index (χ3v) is 5.50. The van der Waals surface area contributed by atoms with Gasteiger partial charge in [0.15, 0.2) is 0 Å². The summed E-state index contributed by atoms with van der Waals surface area (Å²) in [6.07, 6.45) is 11.0. The van der Waals surface area contributed by atoms with E-state index in [9.17, 15) is 0 Å². The summed E-state index contributed by atoms with van der Waals surface area (Å²) in [4.78, 5) is 0. The molecule has 2 aromatic carbocycles.